The molecule has 1 heterocycles. The van der Waals surface area contributed by atoms with E-state index in [1.165, 1.54) is 6.07 Å². The Kier molecular flexibility index (Phi) is 4.34. The smallest absolute Gasteiger partial charge is 0.206 e. The summed E-state index contributed by atoms with van der Waals surface area (Å²) >= 11 is 10.1. The van der Waals surface area contributed by atoms with Crippen molar-refractivity contribution in [2.24, 2.45) is 5.92 Å². The number of sulfonamides is 1. The standard InChI is InChI=1S/C10H10BrClN2O2S2/c11-10-7(12)4-9(17-10)18(15,16)14-8-3-1-2-6(8)5-13/h4,6,8,14H,1-3H2. The topological polar surface area (TPSA) is 70.0 Å². The predicted octanol–water partition coefficient (Wildman–Crippen LogP) is 3.13. The van der Waals surface area contributed by atoms with Gasteiger partial charge in [-0.05, 0) is 34.8 Å². The molecule has 0 aromatic carbocycles. The second-order valence-corrected chi connectivity index (χ2v) is 8.80. The lowest BCUT2D eigenvalue weighted by Crippen LogP contribution is -2.36. The minimum atomic E-state index is -3.59. The molecule has 1 saturated carbocycles. The molecule has 0 saturated heterocycles. The van der Waals surface area contributed by atoms with Crippen LogP contribution < -0.4 is 4.72 Å². The first-order valence-corrected chi connectivity index (χ1v) is 8.78. The second-order valence-electron chi connectivity index (χ2n) is 4.08. The van der Waals surface area contributed by atoms with Crippen molar-refractivity contribution < 1.29 is 8.42 Å². The van der Waals surface area contributed by atoms with Crippen LogP contribution >= 0.6 is 38.9 Å². The lowest BCUT2D eigenvalue weighted by molar-refractivity contribution is 0.516. The van der Waals surface area contributed by atoms with Gasteiger partial charge in [0.1, 0.15) is 4.21 Å². The molecular weight excluding hydrogens is 360 g/mol. The molecule has 0 aliphatic heterocycles. The Hall–Kier alpha value is -0.130. The highest BCUT2D eigenvalue weighted by Gasteiger charge is 2.32. The summed E-state index contributed by atoms with van der Waals surface area (Å²) in [6, 6.07) is 3.27. The largest absolute Gasteiger partial charge is 0.250 e. The van der Waals surface area contributed by atoms with Gasteiger partial charge in [0.05, 0.1) is 20.8 Å². The molecule has 1 aliphatic rings. The van der Waals surface area contributed by atoms with E-state index in [0.717, 1.165) is 24.2 Å². The molecule has 98 valence electrons. The lowest BCUT2D eigenvalue weighted by Gasteiger charge is -2.14. The Labute approximate surface area is 123 Å². The number of nitriles is 1. The molecule has 2 rings (SSSR count). The van der Waals surface area contributed by atoms with Crippen molar-refractivity contribution >= 4 is 48.9 Å². The Morgan fingerprint density at radius 3 is 2.83 bits per heavy atom. The summed E-state index contributed by atoms with van der Waals surface area (Å²) < 4.78 is 27.6. The van der Waals surface area contributed by atoms with Gasteiger partial charge in [0.2, 0.25) is 10.0 Å². The molecule has 1 aromatic rings. The molecule has 0 bridgehead atoms. The molecule has 0 amide bonds. The van der Waals surface area contributed by atoms with Crippen molar-refractivity contribution in [1.29, 1.82) is 5.26 Å². The van der Waals surface area contributed by atoms with Crippen LogP contribution in [0, 0.1) is 17.2 Å². The Balaban J connectivity index is 2.20. The fraction of sp³-hybridized carbons (Fsp3) is 0.500. The maximum Gasteiger partial charge on any atom is 0.250 e. The van der Waals surface area contributed by atoms with E-state index in [-0.39, 0.29) is 16.2 Å². The molecule has 1 N–H and O–H groups in total. The van der Waals surface area contributed by atoms with Gasteiger partial charge in [0.15, 0.2) is 0 Å². The summed E-state index contributed by atoms with van der Waals surface area (Å²) in [5.41, 5.74) is 0. The van der Waals surface area contributed by atoms with Crippen molar-refractivity contribution in [2.75, 3.05) is 0 Å². The highest BCUT2D eigenvalue weighted by atomic mass is 79.9. The molecule has 1 aliphatic carbocycles. The van der Waals surface area contributed by atoms with Gasteiger partial charge in [0, 0.05) is 6.04 Å². The van der Waals surface area contributed by atoms with E-state index in [1.807, 2.05) is 0 Å². The molecule has 4 nitrogen and oxygen atoms in total. The van der Waals surface area contributed by atoms with E-state index in [1.54, 1.807) is 0 Å². The average molecular weight is 370 g/mol. The summed E-state index contributed by atoms with van der Waals surface area (Å²) in [5, 5.41) is 9.32. The van der Waals surface area contributed by atoms with Crippen LogP contribution in [0.25, 0.3) is 0 Å². The van der Waals surface area contributed by atoms with Crippen LogP contribution in [0.15, 0.2) is 14.1 Å². The van der Waals surface area contributed by atoms with Crippen molar-refractivity contribution in [2.45, 2.75) is 29.5 Å². The molecule has 2 atom stereocenters. The summed E-state index contributed by atoms with van der Waals surface area (Å²) in [4.78, 5) is 0. The number of hydrogen-bond donors (Lipinski definition) is 1. The van der Waals surface area contributed by atoms with E-state index in [0.29, 0.717) is 15.2 Å². The van der Waals surface area contributed by atoms with Gasteiger partial charge < -0.3 is 0 Å². The van der Waals surface area contributed by atoms with Crippen LogP contribution in [0.1, 0.15) is 19.3 Å². The molecule has 2 unspecified atom stereocenters. The van der Waals surface area contributed by atoms with Gasteiger partial charge in [-0.3, -0.25) is 0 Å². The third kappa shape index (κ3) is 2.89. The van der Waals surface area contributed by atoms with E-state index >= 15 is 0 Å². The van der Waals surface area contributed by atoms with Crippen LogP contribution in [-0.4, -0.2) is 14.5 Å². The number of nitrogens with one attached hydrogen (secondary N) is 1. The Morgan fingerprint density at radius 1 is 1.56 bits per heavy atom. The van der Waals surface area contributed by atoms with E-state index in [9.17, 15) is 8.42 Å². The maximum atomic E-state index is 12.1. The first-order chi connectivity index (χ1) is 8.44. The molecule has 0 spiro atoms. The second kappa shape index (κ2) is 5.47. The summed E-state index contributed by atoms with van der Waals surface area (Å²) in [7, 11) is -3.59. The Bertz CT molecular complexity index is 574. The summed E-state index contributed by atoms with van der Waals surface area (Å²) in [6.07, 6.45) is 2.33. The van der Waals surface area contributed by atoms with Crippen molar-refractivity contribution in [3.05, 3.63) is 14.9 Å². The average Bonchev–Trinajstić information content (AvgIpc) is 2.86. The molecule has 1 aromatic heterocycles. The zero-order chi connectivity index (χ0) is 13.3. The van der Waals surface area contributed by atoms with Crippen molar-refractivity contribution in [3.8, 4) is 6.07 Å². The van der Waals surface area contributed by atoms with Gasteiger partial charge in [-0.15, -0.1) is 11.3 Å². The fourth-order valence-corrected chi connectivity index (χ4v) is 5.70. The number of thiophene rings is 1. The quantitative estimate of drug-likeness (QED) is 0.890. The van der Waals surface area contributed by atoms with Gasteiger partial charge in [-0.1, -0.05) is 18.0 Å². The number of halogens is 2. The number of rotatable bonds is 3. The highest BCUT2D eigenvalue weighted by Crippen LogP contribution is 2.35. The molecule has 18 heavy (non-hydrogen) atoms. The minimum absolute atomic E-state index is 0.169. The fourth-order valence-electron chi connectivity index (χ4n) is 1.97. The van der Waals surface area contributed by atoms with E-state index < -0.39 is 10.0 Å². The zero-order valence-corrected chi connectivity index (χ0v) is 13.2. The number of nitrogens with zero attached hydrogens (tertiary/aromatic N) is 1. The van der Waals surface area contributed by atoms with Gasteiger partial charge in [-0.2, -0.15) is 5.26 Å². The lowest BCUT2D eigenvalue weighted by atomic mass is 10.1. The van der Waals surface area contributed by atoms with Crippen molar-refractivity contribution in [1.82, 2.24) is 4.72 Å². The first-order valence-electron chi connectivity index (χ1n) is 5.31. The molecule has 8 heteroatoms. The zero-order valence-electron chi connectivity index (χ0n) is 9.19. The highest BCUT2D eigenvalue weighted by molar-refractivity contribution is 9.11. The Morgan fingerprint density at radius 2 is 2.28 bits per heavy atom. The SMILES string of the molecule is N#CC1CCCC1NS(=O)(=O)c1cc(Cl)c(Br)s1. The molecule has 1 fully saturated rings. The molecule has 0 radical (unpaired) electrons. The first kappa shape index (κ1) is 14.3. The van der Waals surface area contributed by atoms with Crippen LogP contribution in [0.3, 0.4) is 0 Å². The van der Waals surface area contributed by atoms with Gasteiger partial charge >= 0.3 is 0 Å². The van der Waals surface area contributed by atoms with Crippen LogP contribution in [0.2, 0.25) is 5.02 Å². The third-order valence-electron chi connectivity index (χ3n) is 2.88. The van der Waals surface area contributed by atoms with Gasteiger partial charge in [0.25, 0.3) is 0 Å². The molecular formula is C10H10BrClN2O2S2. The van der Waals surface area contributed by atoms with Gasteiger partial charge in [-0.25, -0.2) is 13.1 Å². The number of hydrogen-bond acceptors (Lipinski definition) is 4. The third-order valence-corrected chi connectivity index (χ3v) is 7.31. The van der Waals surface area contributed by atoms with Crippen LogP contribution in [-0.2, 0) is 10.0 Å². The van der Waals surface area contributed by atoms with Crippen molar-refractivity contribution in [3.63, 3.8) is 0 Å². The normalized spacial score (nSPS) is 24.1. The minimum Gasteiger partial charge on any atom is -0.206 e. The monoisotopic (exact) mass is 368 g/mol. The van der Waals surface area contributed by atoms with E-state index in [2.05, 4.69) is 26.7 Å². The summed E-state index contributed by atoms with van der Waals surface area (Å²) in [6.45, 7) is 0. The van der Waals surface area contributed by atoms with E-state index in [4.69, 9.17) is 16.9 Å². The van der Waals surface area contributed by atoms with Crippen LogP contribution in [0.4, 0.5) is 0 Å². The van der Waals surface area contributed by atoms with Crippen LogP contribution in [0.5, 0.6) is 0 Å². The summed E-state index contributed by atoms with van der Waals surface area (Å²) in [5.74, 6) is -0.237. The maximum absolute atomic E-state index is 12.1. The predicted molar refractivity (Wildman–Crippen MR) is 74.1 cm³/mol.